The highest BCUT2D eigenvalue weighted by Crippen LogP contribution is 2.36. The van der Waals surface area contributed by atoms with E-state index in [1.54, 1.807) is 32.1 Å². The normalized spacial score (nSPS) is 15.4. The molecule has 0 fully saturated rings. The van der Waals surface area contributed by atoms with Gasteiger partial charge in [-0.25, -0.2) is 9.79 Å². The Balaban J connectivity index is 2.00. The summed E-state index contributed by atoms with van der Waals surface area (Å²) in [5, 5.41) is 10.7. The van der Waals surface area contributed by atoms with Crippen molar-refractivity contribution in [3.8, 4) is 17.2 Å². The van der Waals surface area contributed by atoms with Crippen LogP contribution in [0.3, 0.4) is 0 Å². The number of thiazole rings is 1. The van der Waals surface area contributed by atoms with Crippen LogP contribution in [0.2, 0.25) is 0 Å². The van der Waals surface area contributed by atoms with Gasteiger partial charge >= 0.3 is 5.97 Å². The predicted molar refractivity (Wildman–Crippen MR) is 150 cm³/mol. The van der Waals surface area contributed by atoms with E-state index in [1.807, 2.05) is 38.1 Å². The topological polar surface area (TPSA) is 99.4 Å². The molecule has 0 radical (unpaired) electrons. The first-order chi connectivity index (χ1) is 17.7. The summed E-state index contributed by atoms with van der Waals surface area (Å²) in [5.74, 6) is 0.268. The van der Waals surface area contributed by atoms with Gasteiger partial charge in [-0.15, -0.1) is 0 Å². The summed E-state index contributed by atoms with van der Waals surface area (Å²) in [6, 6.07) is 10.0. The molecule has 0 saturated carbocycles. The van der Waals surface area contributed by atoms with E-state index in [0.29, 0.717) is 37.7 Å². The van der Waals surface area contributed by atoms with Gasteiger partial charge < -0.3 is 19.3 Å². The van der Waals surface area contributed by atoms with Gasteiger partial charge in [-0.05, 0) is 74.6 Å². The molecule has 0 amide bonds. The highest BCUT2D eigenvalue weighted by Gasteiger charge is 2.35. The van der Waals surface area contributed by atoms with Crippen molar-refractivity contribution in [3.63, 3.8) is 0 Å². The maximum Gasteiger partial charge on any atom is 0.338 e. The van der Waals surface area contributed by atoms with Crippen molar-refractivity contribution in [2.75, 3.05) is 13.7 Å². The van der Waals surface area contributed by atoms with Crippen LogP contribution in [0.15, 0.2) is 57.5 Å². The van der Waals surface area contributed by atoms with E-state index < -0.39 is 12.0 Å². The van der Waals surface area contributed by atoms with E-state index in [2.05, 4.69) is 27.6 Å². The van der Waals surface area contributed by atoms with Crippen LogP contribution in [0.4, 0.5) is 0 Å². The Morgan fingerprint density at radius 2 is 2.00 bits per heavy atom. The Bertz CT molecular complexity index is 1570. The fourth-order valence-electron chi connectivity index (χ4n) is 4.15. The number of hydrogen-bond acceptors (Lipinski definition) is 8. The summed E-state index contributed by atoms with van der Waals surface area (Å²) in [6.07, 6.45) is 1.49. The maximum absolute atomic E-state index is 13.9. The molecule has 1 aliphatic rings. The van der Waals surface area contributed by atoms with Gasteiger partial charge in [0.1, 0.15) is 11.8 Å². The van der Waals surface area contributed by atoms with Crippen LogP contribution < -0.4 is 24.4 Å². The van der Waals surface area contributed by atoms with Crippen molar-refractivity contribution in [2.45, 2.75) is 39.8 Å². The molecule has 10 heteroatoms. The molecule has 1 atom stereocenters. The van der Waals surface area contributed by atoms with E-state index >= 15 is 0 Å². The number of rotatable bonds is 7. The summed E-state index contributed by atoms with van der Waals surface area (Å²) in [7, 11) is 1.47. The zero-order valence-electron chi connectivity index (χ0n) is 21.1. The fraction of sp³-hybridized carbons (Fsp3) is 0.296. The highest BCUT2D eigenvalue weighted by atomic mass is 127. The number of phenolic OH excluding ortho intramolecular Hbond substituents is 1. The molecule has 1 aliphatic heterocycles. The van der Waals surface area contributed by atoms with E-state index in [-0.39, 0.29) is 29.6 Å². The van der Waals surface area contributed by atoms with Gasteiger partial charge in [-0.3, -0.25) is 9.36 Å². The van der Waals surface area contributed by atoms with Gasteiger partial charge in [0, 0.05) is 14.7 Å². The van der Waals surface area contributed by atoms with Crippen LogP contribution in [0.1, 0.15) is 44.9 Å². The van der Waals surface area contributed by atoms with E-state index in [4.69, 9.17) is 14.2 Å². The van der Waals surface area contributed by atoms with Gasteiger partial charge in [0.25, 0.3) is 5.56 Å². The maximum atomic E-state index is 13.9. The molecule has 4 rings (SSSR count). The molecule has 0 unspecified atom stereocenters. The Morgan fingerprint density at radius 1 is 1.27 bits per heavy atom. The number of aromatic nitrogens is 1. The van der Waals surface area contributed by atoms with Crippen LogP contribution in [-0.2, 0) is 9.53 Å². The number of hydrogen-bond donors (Lipinski definition) is 1. The lowest BCUT2D eigenvalue weighted by molar-refractivity contribution is -0.139. The van der Waals surface area contributed by atoms with Crippen LogP contribution in [0, 0.1) is 3.57 Å². The second kappa shape index (κ2) is 11.1. The summed E-state index contributed by atoms with van der Waals surface area (Å²) in [6.45, 7) is 7.48. The second-order valence-electron chi connectivity index (χ2n) is 8.55. The van der Waals surface area contributed by atoms with E-state index in [1.165, 1.54) is 23.0 Å². The van der Waals surface area contributed by atoms with Gasteiger partial charge in [0.2, 0.25) is 0 Å². The number of carbonyl (C=O) groups excluding carboxylic acids is 1. The zero-order valence-corrected chi connectivity index (χ0v) is 24.0. The van der Waals surface area contributed by atoms with Gasteiger partial charge in [-0.1, -0.05) is 29.5 Å². The quantitative estimate of drug-likeness (QED) is 0.313. The minimum atomic E-state index is -0.800. The monoisotopic (exact) mass is 634 g/mol. The molecule has 0 spiro atoms. The van der Waals surface area contributed by atoms with Gasteiger partial charge in [-0.2, -0.15) is 0 Å². The van der Waals surface area contributed by atoms with Crippen molar-refractivity contribution in [1.82, 2.24) is 4.57 Å². The number of fused-ring (bicyclic) bond motifs is 1. The SMILES string of the molecule is CCOC(=O)C1=C(C)N=c2s/c(=C\c3cc(I)cc(OC)c3O)c(=O)n2[C@H]1c1ccccc1OC(C)C. The average Bonchev–Trinajstić information content (AvgIpc) is 3.14. The number of halogens is 1. The molecule has 0 bridgehead atoms. The lowest BCUT2D eigenvalue weighted by Gasteiger charge is -2.26. The lowest BCUT2D eigenvalue weighted by Crippen LogP contribution is -2.40. The molecule has 8 nitrogen and oxygen atoms in total. The van der Waals surface area contributed by atoms with Crippen LogP contribution in [-0.4, -0.2) is 35.5 Å². The average molecular weight is 634 g/mol. The molecule has 1 N–H and O–H groups in total. The zero-order chi connectivity index (χ0) is 26.9. The van der Waals surface area contributed by atoms with Gasteiger partial charge in [0.05, 0.1) is 35.6 Å². The predicted octanol–water partition coefficient (Wildman–Crippen LogP) is 3.90. The number of aromatic hydroxyl groups is 1. The third kappa shape index (κ3) is 5.30. The molecule has 0 saturated heterocycles. The third-order valence-electron chi connectivity index (χ3n) is 5.67. The van der Waals surface area contributed by atoms with Crippen molar-refractivity contribution in [2.24, 2.45) is 4.99 Å². The summed E-state index contributed by atoms with van der Waals surface area (Å²) in [5.41, 5.74) is 1.49. The Labute approximate surface area is 231 Å². The number of methoxy groups -OCH3 is 1. The third-order valence-corrected chi connectivity index (χ3v) is 7.27. The summed E-state index contributed by atoms with van der Waals surface area (Å²) < 4.78 is 19.4. The molecular weight excluding hydrogens is 607 g/mol. The smallest absolute Gasteiger partial charge is 0.338 e. The second-order valence-corrected chi connectivity index (χ2v) is 10.8. The number of benzene rings is 2. The van der Waals surface area contributed by atoms with Crippen molar-refractivity contribution in [3.05, 3.63) is 82.1 Å². The largest absolute Gasteiger partial charge is 0.504 e. The Hall–Kier alpha value is -3.12. The lowest BCUT2D eigenvalue weighted by atomic mass is 9.95. The van der Waals surface area contributed by atoms with Crippen molar-refractivity contribution >= 4 is 46.0 Å². The molecule has 37 heavy (non-hydrogen) atoms. The van der Waals surface area contributed by atoms with E-state index in [0.717, 1.165) is 3.57 Å². The molecule has 0 aliphatic carbocycles. The fourth-order valence-corrected chi connectivity index (χ4v) is 5.81. The number of carbonyl (C=O) groups is 1. The summed E-state index contributed by atoms with van der Waals surface area (Å²) >= 11 is 3.30. The molecule has 2 heterocycles. The molecule has 1 aromatic heterocycles. The number of para-hydroxylation sites is 1. The standard InChI is InChI=1S/C27H27IN2O6S/c1-6-35-26(33)22-15(4)29-27-30(23(22)18-9-7-8-10-19(18)36-14(2)3)25(32)21(37-27)12-16-11-17(28)13-20(34-5)24(16)31/h7-14,23,31H,6H2,1-5H3/b21-12-/t23-/m0/s1. The number of nitrogens with zero attached hydrogens (tertiary/aromatic N) is 2. The van der Waals surface area contributed by atoms with Crippen LogP contribution in [0.5, 0.6) is 17.2 Å². The first-order valence-corrected chi connectivity index (χ1v) is 13.6. The number of allylic oxidation sites excluding steroid dienone is 1. The first kappa shape index (κ1) is 26.9. The summed E-state index contributed by atoms with van der Waals surface area (Å²) in [4.78, 5) is 32.1. The van der Waals surface area contributed by atoms with Crippen LogP contribution in [0.25, 0.3) is 6.08 Å². The highest BCUT2D eigenvalue weighted by molar-refractivity contribution is 14.1. The van der Waals surface area contributed by atoms with E-state index in [9.17, 15) is 14.7 Å². The molecule has 3 aromatic rings. The number of esters is 1. The Kier molecular flexibility index (Phi) is 8.08. The molecule has 2 aromatic carbocycles. The van der Waals surface area contributed by atoms with Crippen molar-refractivity contribution in [1.29, 1.82) is 0 Å². The van der Waals surface area contributed by atoms with Crippen molar-refractivity contribution < 1.29 is 24.1 Å². The minimum absolute atomic E-state index is 0.0654. The van der Waals surface area contributed by atoms with Crippen LogP contribution >= 0.6 is 33.9 Å². The first-order valence-electron chi connectivity index (χ1n) is 11.7. The Morgan fingerprint density at radius 3 is 2.68 bits per heavy atom. The molecule has 194 valence electrons. The number of phenols is 1. The molecular formula is C27H27IN2O6S. The number of ether oxygens (including phenoxy) is 3. The minimum Gasteiger partial charge on any atom is -0.504 e. The van der Waals surface area contributed by atoms with Gasteiger partial charge in [0.15, 0.2) is 16.3 Å².